The summed E-state index contributed by atoms with van der Waals surface area (Å²) in [6, 6.07) is 5.90. The lowest BCUT2D eigenvalue weighted by molar-refractivity contribution is -0.0432. The average Bonchev–Trinajstić information content (AvgIpc) is 3.31. The Balaban J connectivity index is 1.58. The van der Waals surface area contributed by atoms with E-state index in [0.29, 0.717) is 11.7 Å². The molecule has 3 N–H and O–H groups in total. The van der Waals surface area contributed by atoms with Crippen LogP contribution in [0.25, 0.3) is 0 Å². The van der Waals surface area contributed by atoms with Crippen molar-refractivity contribution in [3.8, 4) is 5.75 Å². The number of phenols is 1. The molecule has 5 unspecified atom stereocenters. The van der Waals surface area contributed by atoms with E-state index in [9.17, 15) is 10.2 Å². The van der Waals surface area contributed by atoms with Crippen LogP contribution in [0.2, 0.25) is 0 Å². The first-order chi connectivity index (χ1) is 11.9. The van der Waals surface area contributed by atoms with Crippen molar-refractivity contribution >= 4 is 0 Å². The van der Waals surface area contributed by atoms with Crippen molar-refractivity contribution in [3.63, 3.8) is 0 Å². The fourth-order valence-corrected chi connectivity index (χ4v) is 6.97. The van der Waals surface area contributed by atoms with Gasteiger partial charge in [-0.25, -0.2) is 0 Å². The Kier molecular flexibility index (Phi) is 3.24. The van der Waals surface area contributed by atoms with Crippen molar-refractivity contribution < 1.29 is 10.2 Å². The minimum Gasteiger partial charge on any atom is -0.508 e. The normalized spacial score (nSPS) is 44.6. The highest BCUT2D eigenvalue weighted by molar-refractivity contribution is 5.50. The standard InChI is InChI=1S/C22H31NO2/c1-14-8-21-12-20(13-23-11-16-3-4-16,15(2)22(21,25)9-14)10-17-5-6-18(24)7-19(17)21/h5-7,14-16,23-25H,3-4,8-13H2,1-2H3. The van der Waals surface area contributed by atoms with E-state index in [2.05, 4.69) is 25.2 Å². The van der Waals surface area contributed by atoms with Crippen molar-refractivity contribution in [2.24, 2.45) is 23.2 Å². The number of hydrogen-bond donors (Lipinski definition) is 3. The van der Waals surface area contributed by atoms with Crippen LogP contribution >= 0.6 is 0 Å². The molecule has 0 saturated heterocycles. The number of phenolic OH excluding ortho intramolecular Hbond substituents is 1. The zero-order chi connectivity index (χ0) is 17.4. The molecule has 5 atom stereocenters. The van der Waals surface area contributed by atoms with Crippen molar-refractivity contribution in [1.82, 2.24) is 5.32 Å². The van der Waals surface area contributed by atoms with Crippen LogP contribution in [0.4, 0.5) is 0 Å². The van der Waals surface area contributed by atoms with E-state index in [1.165, 1.54) is 24.0 Å². The maximum atomic E-state index is 11.9. The first-order valence-electron chi connectivity index (χ1n) is 10.1. The van der Waals surface area contributed by atoms with Gasteiger partial charge in [-0.15, -0.1) is 0 Å². The van der Waals surface area contributed by atoms with Gasteiger partial charge < -0.3 is 15.5 Å². The van der Waals surface area contributed by atoms with E-state index in [1.54, 1.807) is 0 Å². The van der Waals surface area contributed by atoms with Gasteiger partial charge in [0.05, 0.1) is 5.60 Å². The van der Waals surface area contributed by atoms with Crippen LogP contribution in [0, 0.1) is 23.2 Å². The van der Waals surface area contributed by atoms with E-state index < -0.39 is 5.60 Å². The van der Waals surface area contributed by atoms with Gasteiger partial charge in [0.15, 0.2) is 0 Å². The topological polar surface area (TPSA) is 52.5 Å². The third-order valence-corrected chi connectivity index (χ3v) is 8.23. The van der Waals surface area contributed by atoms with Crippen LogP contribution in [-0.4, -0.2) is 28.9 Å². The van der Waals surface area contributed by atoms with Gasteiger partial charge in [-0.05, 0) is 91.5 Å². The number of nitrogens with one attached hydrogen (secondary N) is 1. The summed E-state index contributed by atoms with van der Waals surface area (Å²) < 4.78 is 0. The lowest BCUT2D eigenvalue weighted by Gasteiger charge is -2.42. The van der Waals surface area contributed by atoms with Crippen molar-refractivity contribution in [2.45, 2.75) is 63.4 Å². The highest BCUT2D eigenvalue weighted by Crippen LogP contribution is 2.71. The van der Waals surface area contributed by atoms with Gasteiger partial charge in [-0.3, -0.25) is 0 Å². The van der Waals surface area contributed by atoms with E-state index in [1.807, 2.05) is 12.1 Å². The van der Waals surface area contributed by atoms with E-state index in [4.69, 9.17) is 0 Å². The molecule has 4 aliphatic rings. The Morgan fingerprint density at radius 1 is 1.20 bits per heavy atom. The third-order valence-electron chi connectivity index (χ3n) is 8.23. The predicted molar refractivity (Wildman–Crippen MR) is 98.6 cm³/mol. The molecule has 3 heteroatoms. The second-order valence-electron chi connectivity index (χ2n) is 9.87. The van der Waals surface area contributed by atoms with Gasteiger partial charge in [0, 0.05) is 12.0 Å². The molecule has 0 aromatic heterocycles. The van der Waals surface area contributed by atoms with Crippen molar-refractivity contribution in [3.05, 3.63) is 29.3 Å². The number of aliphatic hydroxyl groups is 1. The maximum absolute atomic E-state index is 11.9. The minimum atomic E-state index is -0.632. The van der Waals surface area contributed by atoms with Crippen LogP contribution in [0.5, 0.6) is 5.75 Å². The molecule has 3 saturated carbocycles. The summed E-state index contributed by atoms with van der Waals surface area (Å²) in [5.74, 6) is 2.05. The molecule has 4 aliphatic carbocycles. The molecule has 0 amide bonds. The average molecular weight is 341 g/mol. The first-order valence-corrected chi connectivity index (χ1v) is 10.1. The molecule has 0 radical (unpaired) electrons. The smallest absolute Gasteiger partial charge is 0.115 e. The second-order valence-corrected chi connectivity index (χ2v) is 9.87. The summed E-state index contributed by atoms with van der Waals surface area (Å²) in [5.41, 5.74) is 1.94. The molecule has 1 spiro atoms. The van der Waals surface area contributed by atoms with Crippen LogP contribution in [0.1, 0.15) is 57.1 Å². The highest BCUT2D eigenvalue weighted by atomic mass is 16.3. The zero-order valence-electron chi connectivity index (χ0n) is 15.5. The van der Waals surface area contributed by atoms with Crippen LogP contribution in [0.3, 0.4) is 0 Å². The third kappa shape index (κ3) is 2.06. The lowest BCUT2D eigenvalue weighted by atomic mass is 9.63. The van der Waals surface area contributed by atoms with Crippen LogP contribution < -0.4 is 5.32 Å². The predicted octanol–water partition coefficient (Wildman–Crippen LogP) is 3.37. The monoisotopic (exact) mass is 341 g/mol. The van der Waals surface area contributed by atoms with E-state index in [-0.39, 0.29) is 16.7 Å². The number of rotatable bonds is 4. The zero-order valence-corrected chi connectivity index (χ0v) is 15.5. The largest absolute Gasteiger partial charge is 0.508 e. The maximum Gasteiger partial charge on any atom is 0.115 e. The van der Waals surface area contributed by atoms with Crippen LogP contribution in [-0.2, 0) is 11.8 Å². The molecular formula is C22H31NO2. The summed E-state index contributed by atoms with van der Waals surface area (Å²) >= 11 is 0. The van der Waals surface area contributed by atoms with Crippen molar-refractivity contribution in [2.75, 3.05) is 13.1 Å². The quantitative estimate of drug-likeness (QED) is 0.787. The van der Waals surface area contributed by atoms with E-state index in [0.717, 1.165) is 44.7 Å². The number of aromatic hydroxyl groups is 1. The summed E-state index contributed by atoms with van der Waals surface area (Å²) in [7, 11) is 0. The Morgan fingerprint density at radius 2 is 2.00 bits per heavy atom. The molecule has 136 valence electrons. The summed E-state index contributed by atoms with van der Waals surface area (Å²) in [4.78, 5) is 0. The Morgan fingerprint density at radius 3 is 2.76 bits per heavy atom. The summed E-state index contributed by atoms with van der Waals surface area (Å²) in [5, 5.41) is 25.8. The Hall–Kier alpha value is -1.06. The fourth-order valence-electron chi connectivity index (χ4n) is 6.97. The van der Waals surface area contributed by atoms with Crippen molar-refractivity contribution in [1.29, 1.82) is 0 Å². The molecule has 3 fully saturated rings. The fraction of sp³-hybridized carbons (Fsp3) is 0.727. The van der Waals surface area contributed by atoms with Gasteiger partial charge in [-0.1, -0.05) is 19.9 Å². The molecule has 2 bridgehead atoms. The molecule has 5 rings (SSSR count). The Bertz CT molecular complexity index is 714. The van der Waals surface area contributed by atoms with Gasteiger partial charge in [0.2, 0.25) is 0 Å². The summed E-state index contributed by atoms with van der Waals surface area (Å²) in [6.45, 7) is 6.73. The molecule has 3 nitrogen and oxygen atoms in total. The van der Waals surface area contributed by atoms with Crippen LogP contribution in [0.15, 0.2) is 18.2 Å². The summed E-state index contributed by atoms with van der Waals surface area (Å²) in [6.07, 6.45) is 6.80. The molecule has 25 heavy (non-hydrogen) atoms. The van der Waals surface area contributed by atoms with Gasteiger partial charge >= 0.3 is 0 Å². The molecule has 0 heterocycles. The Labute approximate surface area is 150 Å². The molecule has 0 aliphatic heterocycles. The van der Waals surface area contributed by atoms with E-state index >= 15 is 0 Å². The number of benzene rings is 1. The first kappa shape index (κ1) is 16.1. The number of hydrogen-bond acceptors (Lipinski definition) is 3. The molecular weight excluding hydrogens is 310 g/mol. The molecule has 1 aromatic rings. The van der Waals surface area contributed by atoms with Gasteiger partial charge in [0.25, 0.3) is 0 Å². The molecule has 1 aromatic carbocycles. The lowest BCUT2D eigenvalue weighted by Crippen LogP contribution is -2.46. The SMILES string of the molecule is CC1CC23CC(CNCC4CC4)(Cc4ccc(O)cc42)C(C)C3(O)C1. The second kappa shape index (κ2) is 5.01. The highest BCUT2D eigenvalue weighted by Gasteiger charge is 2.72. The number of fused-ring (bicyclic) bond motifs is 2. The minimum absolute atomic E-state index is 0.147. The van der Waals surface area contributed by atoms with Gasteiger partial charge in [-0.2, -0.15) is 0 Å². The van der Waals surface area contributed by atoms with Gasteiger partial charge in [0.1, 0.15) is 5.75 Å².